The van der Waals surface area contributed by atoms with E-state index in [9.17, 15) is 4.57 Å². The number of rotatable bonds is 4. The third kappa shape index (κ3) is 4.56. The first-order valence-corrected chi connectivity index (χ1v) is 8.74. The Balaban J connectivity index is 2.89. The molecule has 1 rings (SSSR count). The van der Waals surface area contributed by atoms with Crippen LogP contribution in [0, 0.1) is 0 Å². The zero-order valence-corrected chi connectivity index (χ0v) is 11.7. The van der Waals surface area contributed by atoms with Crippen LogP contribution in [0.15, 0.2) is 23.1 Å². The van der Waals surface area contributed by atoms with Gasteiger partial charge in [-0.3, -0.25) is 4.57 Å². The average Bonchev–Trinajstić information content (AvgIpc) is 2.10. The van der Waals surface area contributed by atoms with Crippen molar-refractivity contribution < 1.29 is 9.09 Å². The van der Waals surface area contributed by atoms with E-state index >= 15 is 0 Å². The molecule has 0 N–H and O–H groups in total. The first-order chi connectivity index (χ1) is 6.94. The molecule has 1 aromatic rings. The smallest absolute Gasteiger partial charge is 0.310 e. The molecule has 1 unspecified atom stereocenters. The van der Waals surface area contributed by atoms with E-state index < -0.39 is 5.92 Å². The first-order valence-electron chi connectivity index (χ1n) is 4.03. The van der Waals surface area contributed by atoms with Gasteiger partial charge < -0.3 is 4.52 Å². The van der Waals surface area contributed by atoms with E-state index in [4.69, 9.17) is 39.0 Å². The molecule has 0 aliphatic rings. The van der Waals surface area contributed by atoms with E-state index in [1.807, 2.05) is 0 Å². The molecular weight excluding hydrogens is 297 g/mol. The second-order valence-corrected chi connectivity index (χ2v) is 9.03. The van der Waals surface area contributed by atoms with Crippen molar-refractivity contribution in [1.82, 2.24) is 0 Å². The molecule has 15 heavy (non-hydrogen) atoms. The Morgan fingerprint density at radius 1 is 1.47 bits per heavy atom. The Morgan fingerprint density at radius 2 is 2.13 bits per heavy atom. The van der Waals surface area contributed by atoms with Crippen molar-refractivity contribution in [3.05, 3.63) is 28.2 Å². The quantitative estimate of drug-likeness (QED) is 0.690. The summed E-state index contributed by atoms with van der Waals surface area (Å²) in [6, 6.07) is 4.87. The van der Waals surface area contributed by atoms with Crippen LogP contribution in [0.3, 0.4) is 0 Å². The summed E-state index contributed by atoms with van der Waals surface area (Å²) in [7, 11) is 0. The van der Waals surface area contributed by atoms with Crippen LogP contribution in [-0.2, 0) is 9.09 Å². The molecule has 0 heterocycles. The molecule has 0 amide bonds. The summed E-state index contributed by atoms with van der Waals surface area (Å²) in [4.78, 5) is 0.552. The third-order valence-corrected chi connectivity index (χ3v) is 5.85. The fourth-order valence-corrected chi connectivity index (χ4v) is 5.00. The fourth-order valence-electron chi connectivity index (χ4n) is 0.845. The van der Waals surface area contributed by atoms with Crippen molar-refractivity contribution in [2.75, 3.05) is 6.61 Å². The van der Waals surface area contributed by atoms with Crippen LogP contribution in [0.1, 0.15) is 6.92 Å². The average molecular weight is 306 g/mol. The van der Waals surface area contributed by atoms with Gasteiger partial charge in [-0.25, -0.2) is 0 Å². The van der Waals surface area contributed by atoms with E-state index in [0.29, 0.717) is 14.9 Å². The van der Waals surface area contributed by atoms with Crippen molar-refractivity contribution in [2.24, 2.45) is 0 Å². The lowest BCUT2D eigenvalue weighted by molar-refractivity contribution is 0.356. The Hall–Kier alpha value is 0.630. The van der Waals surface area contributed by atoms with Crippen LogP contribution in [0.4, 0.5) is 0 Å². The van der Waals surface area contributed by atoms with Gasteiger partial charge in [0.05, 0.1) is 11.6 Å². The molecule has 1 atom stereocenters. The standard InChI is InChI=1S/C8H8Cl3O2PS/c1-2-13-14(11,12)15-8-5-6(9)3-4-7(8)10/h3-5H,2H2,1H3. The summed E-state index contributed by atoms with van der Waals surface area (Å²) in [5, 5.41) is 0.958. The minimum atomic E-state index is -3.22. The maximum absolute atomic E-state index is 11.7. The maximum atomic E-state index is 11.7. The van der Waals surface area contributed by atoms with Gasteiger partial charge in [0.15, 0.2) is 0 Å². The Morgan fingerprint density at radius 3 is 2.73 bits per heavy atom. The van der Waals surface area contributed by atoms with Crippen LogP contribution in [-0.4, -0.2) is 6.61 Å². The number of hydrogen-bond acceptors (Lipinski definition) is 3. The normalized spacial score (nSPS) is 14.9. The Kier molecular flexibility index (Phi) is 5.30. The minimum absolute atomic E-state index is 0.284. The second kappa shape index (κ2) is 5.81. The molecule has 84 valence electrons. The van der Waals surface area contributed by atoms with Gasteiger partial charge in [-0.2, -0.15) is 0 Å². The highest BCUT2D eigenvalue weighted by Gasteiger charge is 2.22. The molecule has 0 aromatic heterocycles. The van der Waals surface area contributed by atoms with Gasteiger partial charge in [-0.05, 0) is 47.7 Å². The summed E-state index contributed by atoms with van der Waals surface area (Å²) in [5.41, 5.74) is 0. The molecule has 0 bridgehead atoms. The summed E-state index contributed by atoms with van der Waals surface area (Å²) in [6.45, 7) is 2.00. The highest BCUT2D eigenvalue weighted by Crippen LogP contribution is 2.67. The van der Waals surface area contributed by atoms with Crippen LogP contribution in [0.25, 0.3) is 0 Å². The highest BCUT2D eigenvalue weighted by atomic mass is 35.7. The second-order valence-electron chi connectivity index (χ2n) is 2.51. The predicted molar refractivity (Wildman–Crippen MR) is 67.4 cm³/mol. The van der Waals surface area contributed by atoms with Gasteiger partial charge in [-0.1, -0.05) is 23.2 Å². The monoisotopic (exact) mass is 304 g/mol. The van der Waals surface area contributed by atoms with Crippen LogP contribution in [0.2, 0.25) is 10.0 Å². The van der Waals surface area contributed by atoms with Crippen LogP contribution >= 0.6 is 51.7 Å². The van der Waals surface area contributed by atoms with Gasteiger partial charge in [0.1, 0.15) is 0 Å². The molecule has 0 aliphatic carbocycles. The SMILES string of the molecule is CCOP(=O)(Cl)Sc1cc(Cl)ccc1Cl. The zero-order chi connectivity index (χ0) is 11.5. The number of halogens is 3. The largest absolute Gasteiger partial charge is 0.351 e. The van der Waals surface area contributed by atoms with E-state index in [-0.39, 0.29) is 6.61 Å². The van der Waals surface area contributed by atoms with Crippen LogP contribution < -0.4 is 0 Å². The topological polar surface area (TPSA) is 26.3 Å². The lowest BCUT2D eigenvalue weighted by atomic mass is 10.4. The molecule has 7 heteroatoms. The molecule has 0 radical (unpaired) electrons. The number of benzene rings is 1. The summed E-state index contributed by atoms with van der Waals surface area (Å²) in [5.74, 6) is -3.22. The summed E-state index contributed by atoms with van der Waals surface area (Å²) >= 11 is 18.2. The molecule has 2 nitrogen and oxygen atoms in total. The molecule has 0 spiro atoms. The third-order valence-electron chi connectivity index (χ3n) is 1.38. The van der Waals surface area contributed by atoms with Gasteiger partial charge >= 0.3 is 5.92 Å². The molecule has 0 aliphatic heterocycles. The predicted octanol–water partition coefficient (Wildman–Crippen LogP) is 5.47. The summed E-state index contributed by atoms with van der Waals surface area (Å²) in [6.07, 6.45) is 0. The first kappa shape index (κ1) is 13.7. The lowest BCUT2D eigenvalue weighted by Crippen LogP contribution is -1.81. The Labute approximate surface area is 107 Å². The number of hydrogen-bond donors (Lipinski definition) is 0. The molecule has 0 saturated heterocycles. The lowest BCUT2D eigenvalue weighted by Gasteiger charge is -2.10. The maximum Gasteiger partial charge on any atom is 0.351 e. The van der Waals surface area contributed by atoms with Crippen LogP contribution in [0.5, 0.6) is 0 Å². The zero-order valence-electron chi connectivity index (χ0n) is 7.75. The van der Waals surface area contributed by atoms with Gasteiger partial charge in [0, 0.05) is 9.92 Å². The molecule has 0 saturated carbocycles. The minimum Gasteiger partial charge on any atom is -0.310 e. The van der Waals surface area contributed by atoms with Crippen molar-refractivity contribution in [2.45, 2.75) is 11.8 Å². The highest BCUT2D eigenvalue weighted by molar-refractivity contribution is 8.63. The van der Waals surface area contributed by atoms with E-state index in [0.717, 1.165) is 11.4 Å². The van der Waals surface area contributed by atoms with Crippen molar-refractivity contribution in [3.63, 3.8) is 0 Å². The van der Waals surface area contributed by atoms with Crippen molar-refractivity contribution >= 4 is 51.7 Å². The van der Waals surface area contributed by atoms with Gasteiger partial charge in [-0.15, -0.1) is 0 Å². The molecular formula is C8H8Cl3O2PS. The Bertz CT molecular complexity index is 399. The van der Waals surface area contributed by atoms with E-state index in [1.165, 1.54) is 0 Å². The molecule has 0 fully saturated rings. The van der Waals surface area contributed by atoms with Gasteiger partial charge in [0.2, 0.25) is 0 Å². The van der Waals surface area contributed by atoms with E-state index in [2.05, 4.69) is 0 Å². The van der Waals surface area contributed by atoms with Crippen molar-refractivity contribution in [1.29, 1.82) is 0 Å². The van der Waals surface area contributed by atoms with E-state index in [1.54, 1.807) is 25.1 Å². The fraction of sp³-hybridized carbons (Fsp3) is 0.250. The summed E-state index contributed by atoms with van der Waals surface area (Å²) < 4.78 is 16.6. The van der Waals surface area contributed by atoms with Gasteiger partial charge in [0.25, 0.3) is 0 Å². The van der Waals surface area contributed by atoms with Crippen molar-refractivity contribution in [3.8, 4) is 0 Å². The molecule has 1 aromatic carbocycles.